The Labute approximate surface area is 220 Å². The van der Waals surface area contributed by atoms with E-state index in [0.717, 1.165) is 25.0 Å². The minimum atomic E-state index is -0.407. The van der Waals surface area contributed by atoms with Crippen LogP contribution < -0.4 is 22.1 Å². The van der Waals surface area contributed by atoms with E-state index in [1.54, 1.807) is 25.1 Å². The molecule has 196 valence electrons. The molecule has 1 aromatic carbocycles. The highest BCUT2D eigenvalue weighted by Gasteiger charge is 2.28. The van der Waals surface area contributed by atoms with E-state index in [9.17, 15) is 9.59 Å². The van der Waals surface area contributed by atoms with Crippen LogP contribution in [0, 0.1) is 5.41 Å². The lowest BCUT2D eigenvalue weighted by molar-refractivity contribution is -0.130. The molecule has 6 N–H and O–H groups in total. The third kappa shape index (κ3) is 8.79. The third-order valence-electron chi connectivity index (χ3n) is 6.08. The van der Waals surface area contributed by atoms with Crippen LogP contribution in [-0.2, 0) is 9.59 Å². The average molecular weight is 514 g/mol. The first-order chi connectivity index (χ1) is 16.9. The summed E-state index contributed by atoms with van der Waals surface area (Å²) in [5, 5.41) is 6.50. The second kappa shape index (κ2) is 13.2. The van der Waals surface area contributed by atoms with Gasteiger partial charge in [-0.1, -0.05) is 62.4 Å². The Morgan fingerprint density at radius 1 is 1.31 bits per heavy atom. The molecule has 0 aromatic heterocycles. The predicted molar refractivity (Wildman–Crippen MR) is 149 cm³/mol. The average Bonchev–Trinajstić information content (AvgIpc) is 2.78. The molecule has 0 atom stereocenters. The number of hydrogen-bond acceptors (Lipinski definition) is 5. The lowest BCUT2D eigenvalue weighted by Gasteiger charge is -2.32. The molecule has 0 aliphatic heterocycles. The van der Waals surface area contributed by atoms with Crippen LogP contribution in [0.5, 0.6) is 0 Å². The monoisotopic (exact) mass is 513 g/mol. The van der Waals surface area contributed by atoms with Crippen molar-refractivity contribution >= 4 is 34.8 Å². The van der Waals surface area contributed by atoms with Gasteiger partial charge in [-0.05, 0) is 50.7 Å². The number of anilines is 1. The largest absolute Gasteiger partial charge is 0.402 e. The third-order valence-corrected chi connectivity index (χ3v) is 6.26. The molecule has 1 aromatic rings. The molecule has 36 heavy (non-hydrogen) atoms. The van der Waals surface area contributed by atoms with Crippen LogP contribution in [0.15, 0.2) is 65.5 Å². The number of amides is 2. The van der Waals surface area contributed by atoms with Crippen molar-refractivity contribution in [3.05, 3.63) is 71.1 Å². The summed E-state index contributed by atoms with van der Waals surface area (Å²) in [5.41, 5.74) is 14.1. The molecule has 0 spiro atoms. The molecule has 0 radical (unpaired) electrons. The summed E-state index contributed by atoms with van der Waals surface area (Å²) < 4.78 is 0. The zero-order chi connectivity index (χ0) is 26.9. The van der Waals surface area contributed by atoms with Gasteiger partial charge in [-0.25, -0.2) is 0 Å². The maximum atomic E-state index is 13.5. The van der Waals surface area contributed by atoms with Gasteiger partial charge in [0.15, 0.2) is 0 Å². The minimum Gasteiger partial charge on any atom is -0.402 e. The van der Waals surface area contributed by atoms with Gasteiger partial charge in [0.2, 0.25) is 5.91 Å². The Balaban J connectivity index is 2.22. The first-order valence-corrected chi connectivity index (χ1v) is 12.7. The summed E-state index contributed by atoms with van der Waals surface area (Å²) >= 11 is 6.49. The number of nitrogen functional groups attached to an aromatic ring is 1. The van der Waals surface area contributed by atoms with Gasteiger partial charge in [0.25, 0.3) is 5.91 Å². The zero-order valence-electron chi connectivity index (χ0n) is 21.9. The maximum absolute atomic E-state index is 13.5. The van der Waals surface area contributed by atoms with Crippen molar-refractivity contribution in [3.8, 4) is 0 Å². The van der Waals surface area contributed by atoms with Crippen molar-refractivity contribution in [1.29, 1.82) is 0 Å². The first-order valence-electron chi connectivity index (χ1n) is 12.3. The van der Waals surface area contributed by atoms with E-state index in [1.807, 2.05) is 45.1 Å². The Morgan fingerprint density at radius 3 is 2.56 bits per heavy atom. The van der Waals surface area contributed by atoms with Crippen LogP contribution in [0.4, 0.5) is 5.69 Å². The van der Waals surface area contributed by atoms with Crippen molar-refractivity contribution < 1.29 is 9.59 Å². The molecule has 1 saturated carbocycles. The van der Waals surface area contributed by atoms with Crippen molar-refractivity contribution in [1.82, 2.24) is 15.5 Å². The van der Waals surface area contributed by atoms with Gasteiger partial charge >= 0.3 is 0 Å². The highest BCUT2D eigenvalue weighted by Crippen LogP contribution is 2.28. The molecule has 1 aliphatic rings. The van der Waals surface area contributed by atoms with E-state index in [1.165, 1.54) is 4.90 Å². The Hall–Kier alpha value is -3.19. The van der Waals surface area contributed by atoms with Crippen molar-refractivity contribution in [2.45, 2.75) is 59.4 Å². The summed E-state index contributed by atoms with van der Waals surface area (Å²) in [7, 11) is 0. The molecule has 2 amide bonds. The molecule has 1 aliphatic carbocycles. The van der Waals surface area contributed by atoms with E-state index in [2.05, 4.69) is 17.2 Å². The number of nitrogens with zero attached hydrogens (tertiary/aromatic N) is 1. The zero-order valence-corrected chi connectivity index (χ0v) is 22.6. The minimum absolute atomic E-state index is 0.219. The fraction of sp³-hybridized carbons (Fsp3) is 0.429. The fourth-order valence-electron chi connectivity index (χ4n) is 3.72. The van der Waals surface area contributed by atoms with Gasteiger partial charge in [-0.2, -0.15) is 0 Å². The van der Waals surface area contributed by atoms with E-state index < -0.39 is 5.91 Å². The van der Waals surface area contributed by atoms with Crippen LogP contribution in [0.2, 0.25) is 0 Å². The molecule has 0 unspecified atom stereocenters. The summed E-state index contributed by atoms with van der Waals surface area (Å²) in [6.45, 7) is 11.7. The van der Waals surface area contributed by atoms with E-state index in [4.69, 9.17) is 23.1 Å². The SMILES string of the molecule is C=C(NC1CCC1)C(=O)N(CC(=O)NCC(C)(C)/C=C\C/C(N)=C\C)/C(=C(\C)Cl)c1cccc(N)c1. The number of benzene rings is 1. The van der Waals surface area contributed by atoms with Crippen molar-refractivity contribution in [2.75, 3.05) is 18.8 Å². The number of hydrogen-bond donors (Lipinski definition) is 4. The molecule has 0 saturated heterocycles. The molecular weight excluding hydrogens is 474 g/mol. The van der Waals surface area contributed by atoms with E-state index >= 15 is 0 Å². The van der Waals surface area contributed by atoms with Crippen LogP contribution in [-0.4, -0.2) is 35.8 Å². The molecule has 0 heterocycles. The Bertz CT molecular complexity index is 1050. The molecule has 7 nitrogen and oxygen atoms in total. The topological polar surface area (TPSA) is 113 Å². The van der Waals surface area contributed by atoms with Gasteiger partial charge in [-0.3, -0.25) is 14.5 Å². The van der Waals surface area contributed by atoms with Crippen LogP contribution in [0.1, 0.15) is 58.9 Å². The number of nitrogens with two attached hydrogens (primary N) is 2. The lowest BCUT2D eigenvalue weighted by atomic mass is 9.92. The normalized spacial score (nSPS) is 15.2. The quantitative estimate of drug-likeness (QED) is 0.185. The summed E-state index contributed by atoms with van der Waals surface area (Å²) in [6, 6.07) is 7.29. The first kappa shape index (κ1) is 29.0. The van der Waals surface area contributed by atoms with Crippen LogP contribution in [0.3, 0.4) is 0 Å². The highest BCUT2D eigenvalue weighted by atomic mass is 35.5. The van der Waals surface area contributed by atoms with Crippen LogP contribution in [0.25, 0.3) is 5.70 Å². The summed E-state index contributed by atoms with van der Waals surface area (Å²) in [6.07, 6.45) is 9.62. The van der Waals surface area contributed by atoms with Crippen LogP contribution >= 0.6 is 11.6 Å². The molecule has 2 rings (SSSR count). The molecule has 1 fully saturated rings. The fourth-order valence-corrected chi connectivity index (χ4v) is 3.93. The predicted octanol–water partition coefficient (Wildman–Crippen LogP) is 4.63. The maximum Gasteiger partial charge on any atom is 0.274 e. The number of halogens is 1. The summed E-state index contributed by atoms with van der Waals surface area (Å²) in [5.74, 6) is -0.719. The Kier molecular flexibility index (Phi) is 10.7. The number of allylic oxidation sites excluding steroid dienone is 3. The smallest absolute Gasteiger partial charge is 0.274 e. The number of carbonyl (C=O) groups is 2. The summed E-state index contributed by atoms with van der Waals surface area (Å²) in [4.78, 5) is 28.0. The van der Waals surface area contributed by atoms with Gasteiger partial charge in [0.05, 0.1) is 11.4 Å². The number of nitrogens with one attached hydrogen (secondary N) is 2. The second-order valence-corrected chi connectivity index (χ2v) is 10.5. The number of rotatable bonds is 12. The van der Waals surface area contributed by atoms with Crippen molar-refractivity contribution in [2.24, 2.45) is 11.1 Å². The van der Waals surface area contributed by atoms with E-state index in [-0.39, 0.29) is 29.6 Å². The molecular formula is C28H40ClN5O2. The number of carbonyl (C=O) groups excluding carboxylic acids is 2. The van der Waals surface area contributed by atoms with Crippen molar-refractivity contribution in [3.63, 3.8) is 0 Å². The highest BCUT2D eigenvalue weighted by molar-refractivity contribution is 6.32. The second-order valence-electron chi connectivity index (χ2n) is 9.88. The van der Waals surface area contributed by atoms with Gasteiger partial charge in [0.1, 0.15) is 6.54 Å². The van der Waals surface area contributed by atoms with Gasteiger partial charge < -0.3 is 22.1 Å². The van der Waals surface area contributed by atoms with Gasteiger partial charge in [0, 0.05) is 41.0 Å². The molecule has 8 heteroatoms. The standard InChI is InChI=1S/C28H40ClN5O2/c1-6-22(30)12-9-15-28(4,5)18-32-25(35)17-34(27(36)20(3)33-24-13-8-14-24)26(19(2)29)21-10-7-11-23(31)16-21/h6-7,9-11,15-16,24,33H,3,8,12-14,17-18,30-31H2,1-2,4-5H3,(H,32,35)/b15-9-,22-6+,26-19+. The Morgan fingerprint density at radius 2 is 2.00 bits per heavy atom. The van der Waals surface area contributed by atoms with Gasteiger partial charge in [-0.15, -0.1) is 0 Å². The van der Waals surface area contributed by atoms with E-state index in [0.29, 0.717) is 34.9 Å². The molecule has 0 bridgehead atoms. The lowest BCUT2D eigenvalue weighted by Crippen LogP contribution is -2.46.